The Labute approximate surface area is 131 Å². The van der Waals surface area contributed by atoms with E-state index < -0.39 is 0 Å². The topological polar surface area (TPSA) is 41.1 Å². The Bertz CT molecular complexity index is 522. The summed E-state index contributed by atoms with van der Waals surface area (Å²) in [5.74, 6) is 1.42. The number of hydrogen-bond acceptors (Lipinski definition) is 5. The smallest absolute Gasteiger partial charge is 0.225 e. The van der Waals surface area contributed by atoms with Crippen molar-refractivity contribution >= 4 is 17.3 Å². The summed E-state index contributed by atoms with van der Waals surface area (Å²) < 4.78 is 0. The van der Waals surface area contributed by atoms with Crippen LogP contribution in [0.2, 0.25) is 0 Å². The zero-order valence-electron chi connectivity index (χ0n) is 13.2. The van der Waals surface area contributed by atoms with Gasteiger partial charge in [-0.3, -0.25) is 0 Å². The maximum Gasteiger partial charge on any atom is 0.225 e. The molecule has 0 radical (unpaired) electrons. The molecule has 2 aromatic rings. The third-order valence-electron chi connectivity index (χ3n) is 3.42. The third-order valence-corrected chi connectivity index (χ3v) is 4.47. The molecule has 0 fully saturated rings. The molecular weight excluding hydrogens is 280 g/mol. The van der Waals surface area contributed by atoms with Crippen molar-refractivity contribution in [1.82, 2.24) is 15.3 Å². The molecule has 1 N–H and O–H groups in total. The first-order valence-corrected chi connectivity index (χ1v) is 8.23. The van der Waals surface area contributed by atoms with Gasteiger partial charge in [-0.05, 0) is 30.8 Å². The summed E-state index contributed by atoms with van der Waals surface area (Å²) in [5.41, 5.74) is 1.12. The van der Waals surface area contributed by atoms with E-state index in [2.05, 4.69) is 58.5 Å². The molecule has 114 valence electrons. The van der Waals surface area contributed by atoms with Crippen LogP contribution in [0, 0.1) is 5.92 Å². The molecular formula is C16H24N4S. The average molecular weight is 304 g/mol. The van der Waals surface area contributed by atoms with Crippen molar-refractivity contribution in [1.29, 1.82) is 0 Å². The molecule has 0 aliphatic heterocycles. The Morgan fingerprint density at radius 3 is 2.52 bits per heavy atom. The lowest BCUT2D eigenvalue weighted by molar-refractivity contribution is 0.551. The fraction of sp³-hybridized carbons (Fsp3) is 0.500. The molecule has 1 unspecified atom stereocenters. The van der Waals surface area contributed by atoms with Gasteiger partial charge in [0.2, 0.25) is 5.95 Å². The second kappa shape index (κ2) is 7.52. The van der Waals surface area contributed by atoms with Crippen molar-refractivity contribution in [3.63, 3.8) is 0 Å². The van der Waals surface area contributed by atoms with Crippen molar-refractivity contribution in [3.8, 4) is 0 Å². The highest BCUT2D eigenvalue weighted by Crippen LogP contribution is 2.25. The molecule has 0 aliphatic carbocycles. The van der Waals surface area contributed by atoms with Crippen molar-refractivity contribution in [3.05, 3.63) is 40.3 Å². The van der Waals surface area contributed by atoms with E-state index >= 15 is 0 Å². The normalized spacial score (nSPS) is 12.6. The largest absolute Gasteiger partial charge is 0.336 e. The van der Waals surface area contributed by atoms with Gasteiger partial charge in [-0.15, -0.1) is 11.3 Å². The first-order chi connectivity index (χ1) is 10.1. The first-order valence-electron chi connectivity index (χ1n) is 7.35. The molecule has 0 saturated carbocycles. The van der Waals surface area contributed by atoms with Crippen molar-refractivity contribution in [2.75, 3.05) is 18.5 Å². The quantitative estimate of drug-likeness (QED) is 0.850. The summed E-state index contributed by atoms with van der Waals surface area (Å²) in [7, 11) is 2.04. The van der Waals surface area contributed by atoms with Gasteiger partial charge in [0.25, 0.3) is 0 Å². The fourth-order valence-electron chi connectivity index (χ4n) is 2.02. The Balaban J connectivity index is 1.95. The summed E-state index contributed by atoms with van der Waals surface area (Å²) in [6, 6.07) is 4.51. The molecule has 2 rings (SSSR count). The first kappa shape index (κ1) is 15.9. The Kier molecular flexibility index (Phi) is 5.70. The van der Waals surface area contributed by atoms with E-state index in [0.717, 1.165) is 24.6 Å². The minimum atomic E-state index is 0.287. The summed E-state index contributed by atoms with van der Waals surface area (Å²) >= 11 is 1.76. The van der Waals surface area contributed by atoms with Crippen LogP contribution in [0.5, 0.6) is 0 Å². The van der Waals surface area contributed by atoms with E-state index in [1.165, 1.54) is 4.88 Å². The van der Waals surface area contributed by atoms with Gasteiger partial charge in [0.05, 0.1) is 6.04 Å². The second-order valence-corrected chi connectivity index (χ2v) is 6.70. The van der Waals surface area contributed by atoms with E-state index in [-0.39, 0.29) is 6.04 Å². The van der Waals surface area contributed by atoms with Crippen LogP contribution in [0.15, 0.2) is 29.9 Å². The number of aromatic nitrogens is 2. The number of hydrogen-bond donors (Lipinski definition) is 1. The highest BCUT2D eigenvalue weighted by atomic mass is 32.1. The zero-order valence-corrected chi connectivity index (χ0v) is 14.0. The molecule has 0 aliphatic rings. The number of nitrogens with one attached hydrogen (secondary N) is 1. The lowest BCUT2D eigenvalue weighted by atomic mass is 10.2. The van der Waals surface area contributed by atoms with Gasteiger partial charge < -0.3 is 10.2 Å². The van der Waals surface area contributed by atoms with Gasteiger partial charge in [0.15, 0.2) is 0 Å². The van der Waals surface area contributed by atoms with Crippen LogP contribution in [-0.4, -0.2) is 23.6 Å². The van der Waals surface area contributed by atoms with Crippen molar-refractivity contribution < 1.29 is 0 Å². The van der Waals surface area contributed by atoms with Crippen LogP contribution in [-0.2, 0) is 6.54 Å². The molecule has 4 nitrogen and oxygen atoms in total. The molecule has 0 spiro atoms. The third kappa shape index (κ3) is 4.51. The van der Waals surface area contributed by atoms with Crippen LogP contribution in [0.4, 0.5) is 5.95 Å². The minimum absolute atomic E-state index is 0.287. The number of thiophene rings is 1. The van der Waals surface area contributed by atoms with Gasteiger partial charge in [-0.2, -0.15) is 0 Å². The SMILES string of the molecule is CC(C)CNCc1cnc(N(C)C(C)c2cccs2)nc1. The Morgan fingerprint density at radius 1 is 1.24 bits per heavy atom. The summed E-state index contributed by atoms with van der Waals surface area (Å²) in [5, 5.41) is 5.50. The predicted octanol–water partition coefficient (Wildman–Crippen LogP) is 3.48. The van der Waals surface area contributed by atoms with Crippen LogP contribution in [0.25, 0.3) is 0 Å². The standard InChI is InChI=1S/C16H24N4S/c1-12(2)8-17-9-14-10-18-16(19-11-14)20(4)13(3)15-6-5-7-21-15/h5-7,10-13,17H,8-9H2,1-4H3. The summed E-state index contributed by atoms with van der Waals surface area (Å²) in [6.45, 7) is 8.41. The lowest BCUT2D eigenvalue weighted by Gasteiger charge is -2.24. The van der Waals surface area contributed by atoms with Gasteiger partial charge >= 0.3 is 0 Å². The van der Waals surface area contributed by atoms with Crippen molar-refractivity contribution in [2.24, 2.45) is 5.92 Å². The van der Waals surface area contributed by atoms with Crippen LogP contribution in [0.1, 0.15) is 37.3 Å². The molecule has 0 amide bonds. The molecule has 2 heterocycles. The summed E-state index contributed by atoms with van der Waals surface area (Å²) in [6.07, 6.45) is 3.82. The molecule has 0 aromatic carbocycles. The molecule has 0 saturated heterocycles. The zero-order chi connectivity index (χ0) is 15.2. The number of anilines is 1. The van der Waals surface area contributed by atoms with E-state index in [1.54, 1.807) is 11.3 Å². The fourth-order valence-corrected chi connectivity index (χ4v) is 2.85. The predicted molar refractivity (Wildman–Crippen MR) is 89.7 cm³/mol. The summed E-state index contributed by atoms with van der Waals surface area (Å²) in [4.78, 5) is 12.4. The molecule has 1 atom stereocenters. The average Bonchev–Trinajstić information content (AvgIpc) is 3.00. The monoisotopic (exact) mass is 304 g/mol. The van der Waals surface area contributed by atoms with E-state index in [1.807, 2.05) is 19.4 Å². The maximum atomic E-state index is 4.49. The van der Waals surface area contributed by atoms with Gasteiger partial charge in [-0.1, -0.05) is 19.9 Å². The molecule has 21 heavy (non-hydrogen) atoms. The van der Waals surface area contributed by atoms with Crippen molar-refractivity contribution in [2.45, 2.75) is 33.4 Å². The minimum Gasteiger partial charge on any atom is -0.336 e. The van der Waals surface area contributed by atoms with Gasteiger partial charge in [-0.25, -0.2) is 9.97 Å². The van der Waals surface area contributed by atoms with Gasteiger partial charge in [0.1, 0.15) is 0 Å². The Hall–Kier alpha value is -1.46. The number of rotatable bonds is 7. The van der Waals surface area contributed by atoms with Gasteiger partial charge in [0, 0.05) is 36.4 Å². The van der Waals surface area contributed by atoms with E-state index in [9.17, 15) is 0 Å². The van der Waals surface area contributed by atoms with Crippen LogP contribution >= 0.6 is 11.3 Å². The Morgan fingerprint density at radius 2 is 1.95 bits per heavy atom. The van der Waals surface area contributed by atoms with E-state index in [4.69, 9.17) is 0 Å². The van der Waals surface area contributed by atoms with E-state index in [0.29, 0.717) is 5.92 Å². The molecule has 5 heteroatoms. The second-order valence-electron chi connectivity index (χ2n) is 5.72. The van der Waals surface area contributed by atoms with Crippen LogP contribution in [0.3, 0.4) is 0 Å². The maximum absolute atomic E-state index is 4.49. The lowest BCUT2D eigenvalue weighted by Crippen LogP contribution is -2.23. The van der Waals surface area contributed by atoms with Crippen LogP contribution < -0.4 is 10.2 Å². The molecule has 0 bridgehead atoms. The molecule has 2 aromatic heterocycles. The highest BCUT2D eigenvalue weighted by molar-refractivity contribution is 7.10. The number of nitrogens with zero attached hydrogens (tertiary/aromatic N) is 3. The highest BCUT2D eigenvalue weighted by Gasteiger charge is 2.15.